The van der Waals surface area contributed by atoms with Gasteiger partial charge in [0.05, 0.1) is 12.3 Å². The van der Waals surface area contributed by atoms with Gasteiger partial charge in [0.15, 0.2) is 0 Å². The Balaban J connectivity index is 1.92. The van der Waals surface area contributed by atoms with Crippen LogP contribution in [0.2, 0.25) is 0 Å². The van der Waals surface area contributed by atoms with Crippen LogP contribution in [0.5, 0.6) is 0 Å². The van der Waals surface area contributed by atoms with Crippen LogP contribution in [0.15, 0.2) is 18.5 Å². The molecule has 2 rings (SSSR count). The summed E-state index contributed by atoms with van der Waals surface area (Å²) in [5.41, 5.74) is 0.859. The summed E-state index contributed by atoms with van der Waals surface area (Å²) >= 11 is 0. The van der Waals surface area contributed by atoms with Gasteiger partial charge >= 0.3 is 0 Å². The van der Waals surface area contributed by atoms with Gasteiger partial charge in [-0.3, -0.25) is 4.98 Å². The van der Waals surface area contributed by atoms with Crippen molar-refractivity contribution in [3.8, 4) is 0 Å². The zero-order valence-corrected chi connectivity index (χ0v) is 11.9. The molecular weight excluding hydrogens is 243 g/mol. The third-order valence-corrected chi connectivity index (χ3v) is 4.14. The summed E-state index contributed by atoms with van der Waals surface area (Å²) in [6.07, 6.45) is 4.75. The van der Waals surface area contributed by atoms with E-state index in [9.17, 15) is 9.50 Å². The van der Waals surface area contributed by atoms with Crippen molar-refractivity contribution in [2.24, 2.45) is 11.3 Å². The van der Waals surface area contributed by atoms with Crippen molar-refractivity contribution < 1.29 is 9.50 Å². The van der Waals surface area contributed by atoms with Crippen molar-refractivity contribution >= 4 is 0 Å². The molecule has 3 nitrogen and oxygen atoms in total. The van der Waals surface area contributed by atoms with E-state index in [1.54, 1.807) is 6.20 Å². The Kier molecular flexibility index (Phi) is 4.21. The number of pyridine rings is 1. The van der Waals surface area contributed by atoms with E-state index in [2.05, 4.69) is 10.3 Å². The molecule has 1 aliphatic carbocycles. The molecule has 0 aromatic carbocycles. The Labute approximate surface area is 114 Å². The predicted molar refractivity (Wildman–Crippen MR) is 73.1 cm³/mol. The molecule has 106 valence electrons. The highest BCUT2D eigenvalue weighted by molar-refractivity contribution is 5.14. The SMILES string of the molecule is CC(C)[C@H](O)C1(CN[C@H](C)c2cncc(F)c2)CC1. The van der Waals surface area contributed by atoms with E-state index in [-0.39, 0.29) is 29.3 Å². The van der Waals surface area contributed by atoms with Crippen LogP contribution in [0.3, 0.4) is 0 Å². The zero-order chi connectivity index (χ0) is 14.0. The van der Waals surface area contributed by atoms with Gasteiger partial charge in [-0.1, -0.05) is 13.8 Å². The number of nitrogens with one attached hydrogen (secondary N) is 1. The van der Waals surface area contributed by atoms with Gasteiger partial charge in [0, 0.05) is 24.2 Å². The molecule has 0 bridgehead atoms. The lowest BCUT2D eigenvalue weighted by molar-refractivity contribution is 0.0491. The molecule has 2 N–H and O–H groups in total. The number of aliphatic hydroxyl groups is 1. The first-order valence-electron chi connectivity index (χ1n) is 6.96. The van der Waals surface area contributed by atoms with Gasteiger partial charge in [-0.25, -0.2) is 4.39 Å². The maximum atomic E-state index is 13.1. The fraction of sp³-hybridized carbons (Fsp3) is 0.667. The first kappa shape index (κ1) is 14.4. The minimum atomic E-state index is -0.311. The van der Waals surface area contributed by atoms with Gasteiger partial charge in [-0.05, 0) is 37.3 Å². The lowest BCUT2D eigenvalue weighted by atomic mass is 9.90. The zero-order valence-electron chi connectivity index (χ0n) is 11.9. The van der Waals surface area contributed by atoms with Gasteiger partial charge < -0.3 is 10.4 Å². The van der Waals surface area contributed by atoms with E-state index in [0.29, 0.717) is 0 Å². The molecule has 1 aromatic rings. The summed E-state index contributed by atoms with van der Waals surface area (Å²) in [4.78, 5) is 3.86. The van der Waals surface area contributed by atoms with Gasteiger partial charge in [0.1, 0.15) is 5.82 Å². The van der Waals surface area contributed by atoms with E-state index in [4.69, 9.17) is 0 Å². The lowest BCUT2D eigenvalue weighted by Gasteiger charge is -2.27. The van der Waals surface area contributed by atoms with Gasteiger partial charge in [0.25, 0.3) is 0 Å². The van der Waals surface area contributed by atoms with Crippen molar-refractivity contribution in [1.29, 1.82) is 0 Å². The number of nitrogens with zero attached hydrogens (tertiary/aromatic N) is 1. The number of hydrogen-bond donors (Lipinski definition) is 2. The molecule has 0 saturated heterocycles. The Bertz CT molecular complexity index is 432. The molecule has 0 unspecified atom stereocenters. The molecule has 0 radical (unpaired) electrons. The first-order valence-corrected chi connectivity index (χ1v) is 6.96. The average Bonchev–Trinajstić information content (AvgIpc) is 3.16. The second-order valence-electron chi connectivity index (χ2n) is 6.09. The fourth-order valence-corrected chi connectivity index (χ4v) is 2.58. The Morgan fingerprint density at radius 2 is 2.05 bits per heavy atom. The Morgan fingerprint density at radius 1 is 1.37 bits per heavy atom. The average molecular weight is 266 g/mol. The molecule has 2 atom stereocenters. The van der Waals surface area contributed by atoms with E-state index in [1.165, 1.54) is 12.3 Å². The molecule has 0 spiro atoms. The molecule has 1 aromatic heterocycles. The summed E-state index contributed by atoms with van der Waals surface area (Å²) in [5, 5.41) is 13.6. The highest BCUT2D eigenvalue weighted by Crippen LogP contribution is 2.50. The highest BCUT2D eigenvalue weighted by Gasteiger charge is 2.49. The minimum absolute atomic E-state index is 0.0170. The number of rotatable bonds is 6. The summed E-state index contributed by atoms with van der Waals surface area (Å²) in [7, 11) is 0. The van der Waals surface area contributed by atoms with E-state index < -0.39 is 0 Å². The number of aliphatic hydroxyl groups excluding tert-OH is 1. The van der Waals surface area contributed by atoms with E-state index in [1.807, 2.05) is 20.8 Å². The highest BCUT2D eigenvalue weighted by atomic mass is 19.1. The van der Waals surface area contributed by atoms with Crippen LogP contribution in [0, 0.1) is 17.2 Å². The third-order valence-electron chi connectivity index (χ3n) is 4.14. The molecule has 1 aliphatic rings. The van der Waals surface area contributed by atoms with Crippen LogP contribution in [0.4, 0.5) is 4.39 Å². The van der Waals surface area contributed by atoms with E-state index >= 15 is 0 Å². The Hall–Kier alpha value is -1.00. The summed E-state index contributed by atoms with van der Waals surface area (Å²) in [5.74, 6) is -0.0371. The fourth-order valence-electron chi connectivity index (χ4n) is 2.58. The van der Waals surface area contributed by atoms with Crippen LogP contribution in [0.1, 0.15) is 45.2 Å². The number of halogens is 1. The molecule has 0 aliphatic heterocycles. The van der Waals surface area contributed by atoms with E-state index in [0.717, 1.165) is 24.9 Å². The number of aromatic nitrogens is 1. The third kappa shape index (κ3) is 3.31. The van der Waals surface area contributed by atoms with Crippen molar-refractivity contribution in [2.45, 2.75) is 45.8 Å². The predicted octanol–water partition coefficient (Wildman–Crippen LogP) is 2.67. The summed E-state index contributed by atoms with van der Waals surface area (Å²) < 4.78 is 13.1. The second-order valence-corrected chi connectivity index (χ2v) is 6.09. The maximum Gasteiger partial charge on any atom is 0.141 e. The number of hydrogen-bond acceptors (Lipinski definition) is 3. The van der Waals surface area contributed by atoms with Crippen LogP contribution in [0.25, 0.3) is 0 Å². The molecule has 1 heterocycles. The minimum Gasteiger partial charge on any atom is -0.392 e. The molecular formula is C15H23FN2O. The lowest BCUT2D eigenvalue weighted by Crippen LogP contribution is -2.37. The quantitative estimate of drug-likeness (QED) is 0.832. The topological polar surface area (TPSA) is 45.1 Å². The van der Waals surface area contributed by atoms with Crippen molar-refractivity contribution in [2.75, 3.05) is 6.54 Å². The van der Waals surface area contributed by atoms with Gasteiger partial charge in [-0.2, -0.15) is 0 Å². The molecule has 4 heteroatoms. The van der Waals surface area contributed by atoms with Crippen molar-refractivity contribution in [1.82, 2.24) is 10.3 Å². The molecule has 1 saturated carbocycles. The molecule has 19 heavy (non-hydrogen) atoms. The monoisotopic (exact) mass is 266 g/mol. The van der Waals surface area contributed by atoms with Crippen LogP contribution in [-0.2, 0) is 0 Å². The van der Waals surface area contributed by atoms with Crippen LogP contribution in [-0.4, -0.2) is 22.7 Å². The smallest absolute Gasteiger partial charge is 0.141 e. The van der Waals surface area contributed by atoms with Crippen molar-refractivity contribution in [3.63, 3.8) is 0 Å². The summed E-state index contributed by atoms with van der Waals surface area (Å²) in [6, 6.07) is 1.54. The first-order chi connectivity index (χ1) is 8.94. The normalized spacial score (nSPS) is 20.3. The standard InChI is InChI=1S/C15H23FN2O/c1-10(2)14(19)15(4-5-15)9-18-11(3)12-6-13(16)8-17-7-12/h6-8,10-11,14,18-19H,4-5,9H2,1-3H3/t11-,14+/m1/s1. The van der Waals surface area contributed by atoms with Crippen molar-refractivity contribution in [3.05, 3.63) is 29.8 Å². The Morgan fingerprint density at radius 3 is 2.58 bits per heavy atom. The van der Waals surface area contributed by atoms with Crippen LogP contribution < -0.4 is 5.32 Å². The largest absolute Gasteiger partial charge is 0.392 e. The maximum absolute atomic E-state index is 13.1. The molecule has 0 amide bonds. The van der Waals surface area contributed by atoms with Gasteiger partial charge in [-0.15, -0.1) is 0 Å². The van der Waals surface area contributed by atoms with Gasteiger partial charge in [0.2, 0.25) is 0 Å². The summed E-state index contributed by atoms with van der Waals surface area (Å²) in [6.45, 7) is 6.85. The van der Waals surface area contributed by atoms with Crippen LogP contribution >= 0.6 is 0 Å². The second kappa shape index (κ2) is 5.55. The molecule has 1 fully saturated rings.